The Kier molecular flexibility index (Phi) is 4.55. The lowest BCUT2D eigenvalue weighted by Gasteiger charge is -2.07. The first-order valence-corrected chi connectivity index (χ1v) is 6.20. The third-order valence-corrected chi connectivity index (χ3v) is 2.77. The second kappa shape index (κ2) is 6.56. The van der Waals surface area contributed by atoms with E-state index in [1.54, 1.807) is 7.05 Å². The van der Waals surface area contributed by atoms with E-state index in [0.717, 1.165) is 5.56 Å². The quantitative estimate of drug-likeness (QED) is 0.870. The molecule has 1 aromatic heterocycles. The molecule has 0 aliphatic heterocycles. The van der Waals surface area contributed by atoms with E-state index in [1.807, 2.05) is 30.3 Å². The Bertz CT molecular complexity index is 637. The van der Waals surface area contributed by atoms with Gasteiger partial charge < -0.3 is 9.47 Å². The van der Waals surface area contributed by atoms with Crippen molar-refractivity contribution in [2.75, 3.05) is 12.4 Å². The number of hydrogen-bond acceptors (Lipinski definition) is 5. The molecule has 21 heavy (non-hydrogen) atoms. The molecule has 0 unspecified atom stereocenters. The highest BCUT2D eigenvalue weighted by molar-refractivity contribution is 5.98. The van der Waals surface area contributed by atoms with Gasteiger partial charge in [-0.3, -0.25) is 10.00 Å². The lowest BCUT2D eigenvalue weighted by Crippen LogP contribution is -2.17. The smallest absolute Gasteiger partial charge is 0.412 e. The van der Waals surface area contributed by atoms with Crippen molar-refractivity contribution in [1.29, 1.82) is 0 Å². The molecule has 110 valence electrons. The van der Waals surface area contributed by atoms with Crippen LogP contribution in [0.5, 0.6) is 0 Å². The number of aryl methyl sites for hydroxylation is 1. The van der Waals surface area contributed by atoms with Crippen molar-refractivity contribution >= 4 is 17.7 Å². The summed E-state index contributed by atoms with van der Waals surface area (Å²) in [4.78, 5) is 23.3. The van der Waals surface area contributed by atoms with Crippen LogP contribution in [0.3, 0.4) is 0 Å². The topological polar surface area (TPSA) is 82.4 Å². The van der Waals surface area contributed by atoms with E-state index in [9.17, 15) is 9.59 Å². The number of nitrogens with zero attached hydrogens (tertiary/aromatic N) is 2. The van der Waals surface area contributed by atoms with Crippen LogP contribution in [0.2, 0.25) is 0 Å². The van der Waals surface area contributed by atoms with Crippen LogP contribution in [-0.2, 0) is 23.1 Å². The molecule has 7 heteroatoms. The molecule has 0 radical (unpaired) electrons. The van der Waals surface area contributed by atoms with E-state index >= 15 is 0 Å². The van der Waals surface area contributed by atoms with E-state index < -0.39 is 12.1 Å². The van der Waals surface area contributed by atoms with Crippen molar-refractivity contribution in [3.05, 3.63) is 47.8 Å². The maximum absolute atomic E-state index is 11.7. The number of carbonyl (C=O) groups excluding carboxylic acids is 2. The minimum atomic E-state index is -0.669. The van der Waals surface area contributed by atoms with E-state index in [1.165, 1.54) is 18.0 Å². The largest absolute Gasteiger partial charge is 0.464 e. The van der Waals surface area contributed by atoms with Gasteiger partial charge >= 0.3 is 12.1 Å². The number of esters is 1. The number of ether oxygens (including phenoxy) is 2. The van der Waals surface area contributed by atoms with Crippen LogP contribution >= 0.6 is 0 Å². The van der Waals surface area contributed by atoms with Gasteiger partial charge in [0.15, 0.2) is 5.69 Å². The summed E-state index contributed by atoms with van der Waals surface area (Å²) >= 11 is 0. The van der Waals surface area contributed by atoms with Crippen LogP contribution in [0, 0.1) is 0 Å². The minimum absolute atomic E-state index is 0.139. The van der Waals surface area contributed by atoms with Gasteiger partial charge in [-0.2, -0.15) is 5.10 Å². The highest BCUT2D eigenvalue weighted by Crippen LogP contribution is 2.15. The molecule has 0 saturated heterocycles. The summed E-state index contributed by atoms with van der Waals surface area (Å²) in [5.74, 6) is -0.589. The second-order valence-electron chi connectivity index (χ2n) is 4.21. The van der Waals surface area contributed by atoms with Crippen LogP contribution in [0.25, 0.3) is 0 Å². The maximum atomic E-state index is 11.7. The Hall–Kier alpha value is -2.83. The van der Waals surface area contributed by atoms with Gasteiger partial charge in [0.1, 0.15) is 6.61 Å². The van der Waals surface area contributed by atoms with E-state index in [2.05, 4.69) is 15.2 Å². The highest BCUT2D eigenvalue weighted by Gasteiger charge is 2.19. The molecule has 1 heterocycles. The highest BCUT2D eigenvalue weighted by atomic mass is 16.5. The van der Waals surface area contributed by atoms with Crippen LogP contribution in [0.15, 0.2) is 36.5 Å². The minimum Gasteiger partial charge on any atom is -0.464 e. The van der Waals surface area contributed by atoms with Crippen molar-refractivity contribution in [2.24, 2.45) is 7.05 Å². The van der Waals surface area contributed by atoms with Crippen LogP contribution in [-0.4, -0.2) is 29.0 Å². The van der Waals surface area contributed by atoms with Crippen LogP contribution in [0.1, 0.15) is 16.1 Å². The zero-order chi connectivity index (χ0) is 15.2. The van der Waals surface area contributed by atoms with Gasteiger partial charge in [-0.25, -0.2) is 9.59 Å². The number of amides is 1. The fourth-order valence-electron chi connectivity index (χ4n) is 1.74. The molecule has 1 N–H and O–H groups in total. The van der Waals surface area contributed by atoms with Crippen molar-refractivity contribution in [1.82, 2.24) is 9.78 Å². The summed E-state index contributed by atoms with van der Waals surface area (Å²) < 4.78 is 11.0. The fourth-order valence-corrected chi connectivity index (χ4v) is 1.74. The van der Waals surface area contributed by atoms with Gasteiger partial charge in [-0.05, 0) is 5.56 Å². The lowest BCUT2D eigenvalue weighted by atomic mass is 10.2. The van der Waals surface area contributed by atoms with Gasteiger partial charge in [0.05, 0.1) is 19.0 Å². The summed E-state index contributed by atoms with van der Waals surface area (Å²) in [5, 5.41) is 6.37. The van der Waals surface area contributed by atoms with Crippen molar-refractivity contribution in [3.63, 3.8) is 0 Å². The SMILES string of the molecule is COC(=O)c1c(NC(=O)OCc2ccccc2)cnn1C. The molecule has 0 spiro atoms. The summed E-state index contributed by atoms with van der Waals surface area (Å²) in [6, 6.07) is 9.27. The Morgan fingerprint density at radius 2 is 2.00 bits per heavy atom. The van der Waals surface area contributed by atoms with Crippen LogP contribution < -0.4 is 5.32 Å². The van der Waals surface area contributed by atoms with Crippen molar-refractivity contribution in [2.45, 2.75) is 6.61 Å². The van der Waals surface area contributed by atoms with Gasteiger partial charge in [-0.15, -0.1) is 0 Å². The summed E-state index contributed by atoms with van der Waals surface area (Å²) in [5.41, 5.74) is 1.25. The summed E-state index contributed by atoms with van der Waals surface area (Å²) in [6.45, 7) is 0.139. The standard InChI is InChI=1S/C14H15N3O4/c1-17-12(13(18)20-2)11(8-15-17)16-14(19)21-9-10-6-4-3-5-7-10/h3-8H,9H2,1-2H3,(H,16,19). The number of nitrogens with one attached hydrogen (secondary N) is 1. The molecule has 0 aliphatic carbocycles. The molecule has 0 saturated carbocycles. The van der Waals surface area contributed by atoms with Gasteiger partial charge in [0.25, 0.3) is 0 Å². The number of rotatable bonds is 4. The zero-order valence-corrected chi connectivity index (χ0v) is 11.7. The summed E-state index contributed by atoms with van der Waals surface area (Å²) in [6.07, 6.45) is 0.688. The molecule has 0 fully saturated rings. The zero-order valence-electron chi connectivity index (χ0n) is 11.7. The molecule has 7 nitrogen and oxygen atoms in total. The number of aromatic nitrogens is 2. The number of hydrogen-bond donors (Lipinski definition) is 1. The fraction of sp³-hybridized carbons (Fsp3) is 0.214. The molecular formula is C14H15N3O4. The van der Waals surface area contributed by atoms with Gasteiger partial charge in [-0.1, -0.05) is 30.3 Å². The first-order valence-electron chi connectivity index (χ1n) is 6.20. The third-order valence-electron chi connectivity index (χ3n) is 2.77. The molecular weight excluding hydrogens is 274 g/mol. The maximum Gasteiger partial charge on any atom is 0.412 e. The molecule has 0 aliphatic rings. The molecule has 0 bridgehead atoms. The first-order chi connectivity index (χ1) is 10.1. The molecule has 0 atom stereocenters. The van der Waals surface area contributed by atoms with Gasteiger partial charge in [0.2, 0.25) is 0 Å². The average Bonchev–Trinajstić information content (AvgIpc) is 2.86. The Morgan fingerprint density at radius 3 is 2.67 bits per heavy atom. The molecule has 2 rings (SSSR count). The first kappa shape index (κ1) is 14.6. The third kappa shape index (κ3) is 3.59. The average molecular weight is 289 g/mol. The van der Waals surface area contributed by atoms with E-state index in [4.69, 9.17) is 4.74 Å². The van der Waals surface area contributed by atoms with E-state index in [-0.39, 0.29) is 18.0 Å². The number of anilines is 1. The van der Waals surface area contributed by atoms with Crippen molar-refractivity contribution in [3.8, 4) is 0 Å². The Morgan fingerprint density at radius 1 is 1.29 bits per heavy atom. The van der Waals surface area contributed by atoms with Crippen LogP contribution in [0.4, 0.5) is 10.5 Å². The molecule has 1 aromatic carbocycles. The molecule has 1 amide bonds. The Balaban J connectivity index is 1.99. The lowest BCUT2D eigenvalue weighted by molar-refractivity contribution is 0.0589. The second-order valence-corrected chi connectivity index (χ2v) is 4.21. The Labute approximate surface area is 121 Å². The predicted octanol–water partition coefficient (Wildman–Crippen LogP) is 1.96. The monoisotopic (exact) mass is 289 g/mol. The number of methoxy groups -OCH3 is 1. The van der Waals surface area contributed by atoms with E-state index in [0.29, 0.717) is 0 Å². The predicted molar refractivity (Wildman–Crippen MR) is 74.8 cm³/mol. The number of benzene rings is 1. The number of carbonyl (C=O) groups is 2. The summed E-state index contributed by atoms with van der Waals surface area (Å²) in [7, 11) is 2.83. The van der Waals surface area contributed by atoms with Gasteiger partial charge in [0, 0.05) is 7.05 Å². The van der Waals surface area contributed by atoms with Crippen molar-refractivity contribution < 1.29 is 19.1 Å². The molecule has 2 aromatic rings. The normalized spacial score (nSPS) is 10.0.